The Morgan fingerprint density at radius 2 is 1.82 bits per heavy atom. The molecule has 3 aromatic rings. The number of carbonyl (C=O) groups is 1. The van der Waals surface area contributed by atoms with E-state index in [1.165, 1.54) is 6.20 Å². The van der Waals surface area contributed by atoms with Crippen LogP contribution in [-0.4, -0.2) is 20.6 Å². The Balaban J connectivity index is 2.28. The third-order valence-electron chi connectivity index (χ3n) is 3.42. The lowest BCUT2D eigenvalue weighted by atomic mass is 10.1. The number of aryl methyl sites for hydroxylation is 1. The van der Waals surface area contributed by atoms with Crippen LogP contribution in [0.15, 0.2) is 54.7 Å². The number of aromatic carboxylic acids is 1. The second-order valence-corrected chi connectivity index (χ2v) is 5.30. The maximum Gasteiger partial charge on any atom is 0.356 e. The molecule has 0 amide bonds. The van der Waals surface area contributed by atoms with Gasteiger partial charge in [-0.15, -0.1) is 0 Å². The smallest absolute Gasteiger partial charge is 0.356 e. The number of carboxylic acid groups (broad SMARTS) is 1. The first-order chi connectivity index (χ1) is 10.6. The number of halogens is 1. The molecule has 4 nitrogen and oxygen atoms in total. The minimum Gasteiger partial charge on any atom is -0.476 e. The van der Waals surface area contributed by atoms with Crippen molar-refractivity contribution in [2.75, 3.05) is 0 Å². The van der Waals surface area contributed by atoms with Crippen LogP contribution in [-0.2, 0) is 0 Å². The first-order valence-corrected chi connectivity index (χ1v) is 7.09. The van der Waals surface area contributed by atoms with E-state index in [0.717, 1.165) is 11.1 Å². The summed E-state index contributed by atoms with van der Waals surface area (Å²) < 4.78 is 1.72. The molecule has 0 spiro atoms. The summed E-state index contributed by atoms with van der Waals surface area (Å²) >= 11 is 6.25. The van der Waals surface area contributed by atoms with Crippen LogP contribution in [0.1, 0.15) is 16.1 Å². The number of para-hydroxylation sites is 1. The van der Waals surface area contributed by atoms with E-state index in [1.807, 2.05) is 49.4 Å². The molecule has 0 unspecified atom stereocenters. The van der Waals surface area contributed by atoms with Gasteiger partial charge < -0.3 is 5.11 Å². The Kier molecular flexibility index (Phi) is 3.69. The molecule has 2 aromatic carbocycles. The zero-order valence-corrected chi connectivity index (χ0v) is 12.6. The Hall–Kier alpha value is -2.59. The number of rotatable bonds is 3. The lowest BCUT2D eigenvalue weighted by Gasteiger charge is -2.11. The van der Waals surface area contributed by atoms with Gasteiger partial charge in [-0.3, -0.25) is 4.57 Å². The van der Waals surface area contributed by atoms with Gasteiger partial charge in [0.25, 0.3) is 0 Å². The molecule has 0 radical (unpaired) electrons. The van der Waals surface area contributed by atoms with Crippen molar-refractivity contribution in [2.24, 2.45) is 0 Å². The van der Waals surface area contributed by atoms with Gasteiger partial charge in [0, 0.05) is 11.8 Å². The van der Waals surface area contributed by atoms with Crippen LogP contribution in [0.2, 0.25) is 5.02 Å². The molecule has 1 aromatic heterocycles. The van der Waals surface area contributed by atoms with E-state index in [1.54, 1.807) is 10.6 Å². The number of imidazole rings is 1. The molecular weight excluding hydrogens is 300 g/mol. The highest BCUT2D eigenvalue weighted by atomic mass is 35.5. The van der Waals surface area contributed by atoms with E-state index in [-0.39, 0.29) is 5.69 Å². The summed E-state index contributed by atoms with van der Waals surface area (Å²) in [5.41, 5.74) is 2.56. The maximum atomic E-state index is 11.3. The summed E-state index contributed by atoms with van der Waals surface area (Å²) in [5, 5.41) is 9.78. The zero-order valence-electron chi connectivity index (χ0n) is 11.8. The van der Waals surface area contributed by atoms with Gasteiger partial charge in [-0.05, 0) is 24.6 Å². The molecule has 1 N–H and O–H groups in total. The van der Waals surface area contributed by atoms with Gasteiger partial charge in [0.15, 0.2) is 5.69 Å². The molecule has 0 saturated carbocycles. The SMILES string of the molecule is Cc1ccccc1-c1nc(C(=O)O)cn1-c1ccccc1Cl. The van der Waals surface area contributed by atoms with Crippen LogP contribution in [0.25, 0.3) is 17.1 Å². The van der Waals surface area contributed by atoms with Crippen molar-refractivity contribution in [3.63, 3.8) is 0 Å². The fraction of sp³-hybridized carbons (Fsp3) is 0.0588. The Morgan fingerprint density at radius 3 is 2.50 bits per heavy atom. The highest BCUT2D eigenvalue weighted by Gasteiger charge is 2.18. The number of aromatic nitrogens is 2. The largest absolute Gasteiger partial charge is 0.476 e. The van der Waals surface area contributed by atoms with Crippen molar-refractivity contribution in [3.05, 3.63) is 71.0 Å². The maximum absolute atomic E-state index is 11.3. The van der Waals surface area contributed by atoms with Gasteiger partial charge in [0.2, 0.25) is 0 Å². The van der Waals surface area contributed by atoms with E-state index in [4.69, 9.17) is 11.6 Å². The zero-order chi connectivity index (χ0) is 15.7. The summed E-state index contributed by atoms with van der Waals surface area (Å²) in [6.07, 6.45) is 1.49. The average molecular weight is 313 g/mol. The van der Waals surface area contributed by atoms with E-state index in [0.29, 0.717) is 16.5 Å². The fourth-order valence-corrected chi connectivity index (χ4v) is 2.55. The summed E-state index contributed by atoms with van der Waals surface area (Å²) in [5.74, 6) is -0.510. The van der Waals surface area contributed by atoms with Gasteiger partial charge in [-0.1, -0.05) is 48.0 Å². The van der Waals surface area contributed by atoms with Crippen molar-refractivity contribution >= 4 is 17.6 Å². The van der Waals surface area contributed by atoms with Gasteiger partial charge in [0.1, 0.15) is 5.82 Å². The van der Waals surface area contributed by atoms with Crippen LogP contribution in [0.3, 0.4) is 0 Å². The molecule has 0 aliphatic carbocycles. The number of benzene rings is 2. The molecule has 0 bridgehead atoms. The third-order valence-corrected chi connectivity index (χ3v) is 3.74. The molecular formula is C17H13ClN2O2. The van der Waals surface area contributed by atoms with Crippen LogP contribution in [0.4, 0.5) is 0 Å². The third kappa shape index (κ3) is 2.49. The van der Waals surface area contributed by atoms with E-state index >= 15 is 0 Å². The normalized spacial score (nSPS) is 10.6. The highest BCUT2D eigenvalue weighted by molar-refractivity contribution is 6.32. The summed E-state index contributed by atoms with van der Waals surface area (Å²) in [4.78, 5) is 15.6. The van der Waals surface area contributed by atoms with Crippen LogP contribution < -0.4 is 0 Å². The number of hydrogen-bond donors (Lipinski definition) is 1. The van der Waals surface area contributed by atoms with Crippen molar-refractivity contribution in [1.82, 2.24) is 9.55 Å². The standard InChI is InChI=1S/C17H13ClN2O2/c1-11-6-2-3-7-12(11)16-19-14(17(21)22)10-20(16)15-9-5-4-8-13(15)18/h2-10H,1H3,(H,21,22). The van der Waals surface area contributed by atoms with Crippen molar-refractivity contribution in [1.29, 1.82) is 0 Å². The van der Waals surface area contributed by atoms with E-state index in [2.05, 4.69) is 4.98 Å². The van der Waals surface area contributed by atoms with Crippen LogP contribution in [0, 0.1) is 6.92 Å². The number of hydrogen-bond acceptors (Lipinski definition) is 2. The van der Waals surface area contributed by atoms with E-state index < -0.39 is 5.97 Å². The van der Waals surface area contributed by atoms with Crippen molar-refractivity contribution < 1.29 is 9.90 Å². The molecule has 0 atom stereocenters. The van der Waals surface area contributed by atoms with Crippen molar-refractivity contribution in [2.45, 2.75) is 6.92 Å². The molecule has 22 heavy (non-hydrogen) atoms. The van der Waals surface area contributed by atoms with Gasteiger partial charge >= 0.3 is 5.97 Å². The lowest BCUT2D eigenvalue weighted by Crippen LogP contribution is -1.98. The molecule has 0 aliphatic heterocycles. The predicted octanol–water partition coefficient (Wildman–Crippen LogP) is 4.20. The fourth-order valence-electron chi connectivity index (χ4n) is 2.33. The molecule has 110 valence electrons. The predicted molar refractivity (Wildman–Crippen MR) is 85.7 cm³/mol. The molecule has 3 rings (SSSR count). The number of nitrogens with zero attached hydrogens (tertiary/aromatic N) is 2. The molecule has 1 heterocycles. The Morgan fingerprint density at radius 1 is 1.14 bits per heavy atom. The van der Waals surface area contributed by atoms with Crippen LogP contribution >= 0.6 is 11.6 Å². The molecule has 0 fully saturated rings. The Bertz CT molecular complexity index is 792. The van der Waals surface area contributed by atoms with Crippen LogP contribution in [0.5, 0.6) is 0 Å². The summed E-state index contributed by atoms with van der Waals surface area (Å²) in [7, 11) is 0. The second kappa shape index (κ2) is 5.66. The quantitative estimate of drug-likeness (QED) is 0.788. The van der Waals surface area contributed by atoms with Gasteiger partial charge in [-0.2, -0.15) is 0 Å². The number of carboxylic acids is 1. The first-order valence-electron chi connectivity index (χ1n) is 6.71. The molecule has 0 saturated heterocycles. The Labute approximate surface area is 132 Å². The van der Waals surface area contributed by atoms with Crippen molar-refractivity contribution in [3.8, 4) is 17.1 Å². The van der Waals surface area contributed by atoms with Gasteiger partial charge in [-0.25, -0.2) is 9.78 Å². The molecule has 0 aliphatic rings. The van der Waals surface area contributed by atoms with Gasteiger partial charge in [0.05, 0.1) is 10.7 Å². The monoisotopic (exact) mass is 312 g/mol. The summed E-state index contributed by atoms with van der Waals surface area (Å²) in [6, 6.07) is 15.0. The highest BCUT2D eigenvalue weighted by Crippen LogP contribution is 2.29. The summed E-state index contributed by atoms with van der Waals surface area (Å²) in [6.45, 7) is 1.96. The molecule has 5 heteroatoms. The topological polar surface area (TPSA) is 55.1 Å². The van der Waals surface area contributed by atoms with E-state index in [9.17, 15) is 9.90 Å². The average Bonchev–Trinajstić information content (AvgIpc) is 2.93. The minimum atomic E-state index is -1.07. The second-order valence-electron chi connectivity index (χ2n) is 4.89. The minimum absolute atomic E-state index is 0.0156. The first kappa shape index (κ1) is 14.4. The lowest BCUT2D eigenvalue weighted by molar-refractivity contribution is 0.0691.